The van der Waals surface area contributed by atoms with Crippen LogP contribution in [0.25, 0.3) is 0 Å². The molecule has 0 saturated carbocycles. The standard InChI is InChI=1S/C13H16O4/c1-16-13(15)7-11(14)10-6-9-4-2-3-5-12(9)17-8-10/h2-5,10-11,14H,6-8H2,1H3/t10?,11-/m0/s1. The molecule has 2 rings (SSSR count). The lowest BCUT2D eigenvalue weighted by Crippen LogP contribution is -2.33. The molecule has 2 atom stereocenters. The predicted molar refractivity (Wildman–Crippen MR) is 61.8 cm³/mol. The molecule has 1 heterocycles. The number of esters is 1. The van der Waals surface area contributed by atoms with Gasteiger partial charge in [0.15, 0.2) is 0 Å². The van der Waals surface area contributed by atoms with E-state index in [1.54, 1.807) is 0 Å². The number of fused-ring (bicyclic) bond motifs is 1. The summed E-state index contributed by atoms with van der Waals surface area (Å²) in [5, 5.41) is 9.92. The van der Waals surface area contributed by atoms with Crippen molar-refractivity contribution in [3.05, 3.63) is 29.8 Å². The van der Waals surface area contributed by atoms with Gasteiger partial charge in [0.25, 0.3) is 0 Å². The van der Waals surface area contributed by atoms with Crippen molar-refractivity contribution >= 4 is 5.97 Å². The van der Waals surface area contributed by atoms with Gasteiger partial charge in [0.1, 0.15) is 5.75 Å². The van der Waals surface area contributed by atoms with Crippen molar-refractivity contribution in [2.75, 3.05) is 13.7 Å². The number of methoxy groups -OCH3 is 1. The Morgan fingerprint density at radius 3 is 3.12 bits per heavy atom. The highest BCUT2D eigenvalue weighted by atomic mass is 16.5. The maximum absolute atomic E-state index is 11.1. The SMILES string of the molecule is COC(=O)C[C@H](O)C1COc2ccccc2C1. The van der Waals surface area contributed by atoms with Gasteiger partial charge in [0.05, 0.1) is 26.2 Å². The summed E-state index contributed by atoms with van der Waals surface area (Å²) in [6.45, 7) is 0.440. The second-order valence-corrected chi connectivity index (χ2v) is 4.23. The first-order valence-electron chi connectivity index (χ1n) is 5.66. The molecule has 4 nitrogen and oxygen atoms in total. The molecule has 1 aromatic rings. The highest BCUT2D eigenvalue weighted by Crippen LogP contribution is 2.28. The van der Waals surface area contributed by atoms with Crippen LogP contribution in [0.15, 0.2) is 24.3 Å². The minimum Gasteiger partial charge on any atom is -0.493 e. The fourth-order valence-electron chi connectivity index (χ4n) is 2.02. The number of hydrogen-bond donors (Lipinski definition) is 1. The van der Waals surface area contributed by atoms with Crippen LogP contribution in [0.4, 0.5) is 0 Å². The summed E-state index contributed by atoms with van der Waals surface area (Å²) in [5.74, 6) is 0.425. The number of carbonyl (C=O) groups is 1. The van der Waals surface area contributed by atoms with Gasteiger partial charge in [-0.05, 0) is 18.1 Å². The fraction of sp³-hybridized carbons (Fsp3) is 0.462. The lowest BCUT2D eigenvalue weighted by molar-refractivity contribution is -0.143. The van der Waals surface area contributed by atoms with Crippen molar-refractivity contribution in [3.63, 3.8) is 0 Å². The third-order valence-electron chi connectivity index (χ3n) is 3.06. The van der Waals surface area contributed by atoms with E-state index >= 15 is 0 Å². The number of ether oxygens (including phenoxy) is 2. The molecule has 0 aromatic heterocycles. The summed E-state index contributed by atoms with van der Waals surface area (Å²) >= 11 is 0. The number of para-hydroxylation sites is 1. The lowest BCUT2D eigenvalue weighted by Gasteiger charge is -2.28. The van der Waals surface area contributed by atoms with Crippen LogP contribution in [0.5, 0.6) is 5.75 Å². The van der Waals surface area contributed by atoms with Gasteiger partial charge < -0.3 is 14.6 Å². The molecule has 92 valence electrons. The van der Waals surface area contributed by atoms with Gasteiger partial charge in [-0.25, -0.2) is 0 Å². The Bertz CT molecular complexity index is 402. The number of carbonyl (C=O) groups excluding carboxylic acids is 1. The van der Waals surface area contributed by atoms with Crippen LogP contribution in [0.2, 0.25) is 0 Å². The molecular formula is C13H16O4. The van der Waals surface area contributed by atoms with E-state index in [-0.39, 0.29) is 12.3 Å². The molecule has 1 aliphatic rings. The zero-order valence-corrected chi connectivity index (χ0v) is 9.76. The average Bonchev–Trinajstić information content (AvgIpc) is 2.38. The molecule has 0 radical (unpaired) electrons. The van der Waals surface area contributed by atoms with Crippen molar-refractivity contribution in [1.82, 2.24) is 0 Å². The second kappa shape index (κ2) is 5.19. The quantitative estimate of drug-likeness (QED) is 0.800. The number of benzene rings is 1. The Hall–Kier alpha value is -1.55. The van der Waals surface area contributed by atoms with Crippen LogP contribution in [-0.2, 0) is 16.0 Å². The largest absolute Gasteiger partial charge is 0.493 e. The molecule has 0 fully saturated rings. The molecule has 0 spiro atoms. The molecule has 0 saturated heterocycles. The summed E-state index contributed by atoms with van der Waals surface area (Å²) in [5.41, 5.74) is 1.08. The minimum absolute atomic E-state index is 0.0205. The Morgan fingerprint density at radius 1 is 1.59 bits per heavy atom. The number of rotatable bonds is 3. The van der Waals surface area contributed by atoms with Crippen LogP contribution in [0.1, 0.15) is 12.0 Å². The van der Waals surface area contributed by atoms with Gasteiger partial charge in [-0.15, -0.1) is 0 Å². The molecule has 4 heteroatoms. The topological polar surface area (TPSA) is 55.8 Å². The average molecular weight is 236 g/mol. The van der Waals surface area contributed by atoms with E-state index in [4.69, 9.17) is 4.74 Å². The molecule has 1 N–H and O–H groups in total. The smallest absolute Gasteiger partial charge is 0.308 e. The summed E-state index contributed by atoms with van der Waals surface area (Å²) in [6, 6.07) is 7.76. The second-order valence-electron chi connectivity index (χ2n) is 4.23. The molecule has 17 heavy (non-hydrogen) atoms. The number of aliphatic hydroxyl groups is 1. The molecule has 0 amide bonds. The fourth-order valence-corrected chi connectivity index (χ4v) is 2.02. The number of aliphatic hydroxyl groups excluding tert-OH is 1. The third kappa shape index (κ3) is 2.77. The van der Waals surface area contributed by atoms with Crippen molar-refractivity contribution in [3.8, 4) is 5.75 Å². The molecule has 0 bridgehead atoms. The van der Waals surface area contributed by atoms with E-state index in [2.05, 4.69) is 4.74 Å². The normalized spacial score (nSPS) is 20.0. The van der Waals surface area contributed by atoms with Gasteiger partial charge in [-0.3, -0.25) is 4.79 Å². The van der Waals surface area contributed by atoms with Crippen LogP contribution < -0.4 is 4.74 Å². The van der Waals surface area contributed by atoms with Crippen molar-refractivity contribution in [2.45, 2.75) is 18.9 Å². The molecule has 1 unspecified atom stereocenters. The first-order chi connectivity index (χ1) is 8.20. The molecule has 0 aliphatic carbocycles. The van der Waals surface area contributed by atoms with Crippen LogP contribution in [0.3, 0.4) is 0 Å². The Balaban J connectivity index is 2.00. The highest BCUT2D eigenvalue weighted by Gasteiger charge is 2.27. The van der Waals surface area contributed by atoms with Gasteiger partial charge in [-0.1, -0.05) is 18.2 Å². The van der Waals surface area contributed by atoms with Gasteiger partial charge >= 0.3 is 5.97 Å². The maximum Gasteiger partial charge on any atom is 0.308 e. The summed E-state index contributed by atoms with van der Waals surface area (Å²) in [6.07, 6.45) is 0.0388. The van der Waals surface area contributed by atoms with Crippen LogP contribution in [-0.4, -0.2) is 30.9 Å². The van der Waals surface area contributed by atoms with Gasteiger partial charge in [-0.2, -0.15) is 0 Å². The summed E-state index contributed by atoms with van der Waals surface area (Å²) in [7, 11) is 1.32. The van der Waals surface area contributed by atoms with E-state index in [0.717, 1.165) is 17.7 Å². The zero-order chi connectivity index (χ0) is 12.3. The predicted octanol–water partition coefficient (Wildman–Crippen LogP) is 1.16. The van der Waals surface area contributed by atoms with Crippen molar-refractivity contribution in [2.24, 2.45) is 5.92 Å². The Kier molecular flexibility index (Phi) is 3.64. The first kappa shape index (κ1) is 11.9. The monoisotopic (exact) mass is 236 g/mol. The van der Waals surface area contributed by atoms with E-state index < -0.39 is 12.1 Å². The van der Waals surface area contributed by atoms with Crippen molar-refractivity contribution in [1.29, 1.82) is 0 Å². The van der Waals surface area contributed by atoms with Crippen molar-refractivity contribution < 1.29 is 19.4 Å². The zero-order valence-electron chi connectivity index (χ0n) is 9.76. The number of hydrogen-bond acceptors (Lipinski definition) is 4. The van der Waals surface area contributed by atoms with E-state index in [0.29, 0.717) is 6.61 Å². The lowest BCUT2D eigenvalue weighted by atomic mass is 9.90. The Morgan fingerprint density at radius 2 is 2.35 bits per heavy atom. The van der Waals surface area contributed by atoms with E-state index in [9.17, 15) is 9.90 Å². The highest BCUT2D eigenvalue weighted by molar-refractivity contribution is 5.69. The summed E-state index contributed by atoms with van der Waals surface area (Å²) < 4.78 is 10.1. The third-order valence-corrected chi connectivity index (χ3v) is 3.06. The Labute approximate surface area is 100 Å². The molecule has 1 aliphatic heterocycles. The van der Waals surface area contributed by atoms with Crippen LogP contribution in [0, 0.1) is 5.92 Å². The van der Waals surface area contributed by atoms with Gasteiger partial charge in [0, 0.05) is 5.92 Å². The first-order valence-corrected chi connectivity index (χ1v) is 5.66. The minimum atomic E-state index is -0.712. The van der Waals surface area contributed by atoms with E-state index in [1.807, 2.05) is 24.3 Å². The maximum atomic E-state index is 11.1. The van der Waals surface area contributed by atoms with Crippen LogP contribution >= 0.6 is 0 Å². The van der Waals surface area contributed by atoms with Gasteiger partial charge in [0.2, 0.25) is 0 Å². The summed E-state index contributed by atoms with van der Waals surface area (Å²) in [4.78, 5) is 11.1. The molecule has 1 aromatic carbocycles. The van der Waals surface area contributed by atoms with E-state index in [1.165, 1.54) is 7.11 Å². The molecular weight excluding hydrogens is 220 g/mol.